The summed E-state index contributed by atoms with van der Waals surface area (Å²) in [6, 6.07) is 0. The summed E-state index contributed by atoms with van der Waals surface area (Å²) in [5.41, 5.74) is 3.01. The third-order valence-corrected chi connectivity index (χ3v) is 3.29. The smallest absolute Gasteiger partial charge is 0.00930 e. The lowest BCUT2D eigenvalue weighted by Gasteiger charge is -2.30. The Balaban J connectivity index is 1.99. The Hall–Kier alpha value is -1.04. The van der Waals surface area contributed by atoms with E-state index in [-0.39, 0.29) is 0 Å². The molecule has 0 aromatic heterocycles. The van der Waals surface area contributed by atoms with Crippen molar-refractivity contribution >= 4 is 0 Å². The van der Waals surface area contributed by atoms with Crippen LogP contribution in [0, 0.1) is 18.3 Å². The highest BCUT2D eigenvalue weighted by Gasteiger charge is 2.28. The van der Waals surface area contributed by atoms with Crippen LogP contribution in [0.2, 0.25) is 0 Å². The van der Waals surface area contributed by atoms with Gasteiger partial charge in [-0.25, -0.2) is 0 Å². The van der Waals surface area contributed by atoms with Crippen LogP contribution in [-0.2, 0) is 0 Å². The van der Waals surface area contributed by atoms with Gasteiger partial charge < -0.3 is 0 Å². The molecule has 0 saturated carbocycles. The molecule has 0 bridgehead atoms. The van der Waals surface area contributed by atoms with Gasteiger partial charge in [-0.2, -0.15) is 0 Å². The zero-order valence-corrected chi connectivity index (χ0v) is 7.61. The first-order chi connectivity index (χ1) is 6.45. The van der Waals surface area contributed by atoms with E-state index in [0.29, 0.717) is 0 Å². The van der Waals surface area contributed by atoms with E-state index < -0.39 is 0 Å². The molecule has 0 saturated heterocycles. The van der Waals surface area contributed by atoms with Gasteiger partial charge in [-0.1, -0.05) is 42.0 Å². The van der Waals surface area contributed by atoms with Gasteiger partial charge >= 0.3 is 0 Å². The van der Waals surface area contributed by atoms with Crippen molar-refractivity contribution in [2.75, 3.05) is 0 Å². The molecular formula is C13H13. The molecule has 0 heterocycles. The zero-order valence-electron chi connectivity index (χ0n) is 7.61. The van der Waals surface area contributed by atoms with E-state index in [0.717, 1.165) is 11.8 Å². The van der Waals surface area contributed by atoms with Crippen molar-refractivity contribution in [3.05, 3.63) is 54.0 Å². The molecule has 0 N–H and O–H groups in total. The minimum absolute atomic E-state index is 0.764. The molecule has 1 radical (unpaired) electrons. The lowest BCUT2D eigenvalue weighted by atomic mass is 9.74. The zero-order chi connectivity index (χ0) is 8.67. The van der Waals surface area contributed by atoms with Crippen molar-refractivity contribution in [3.8, 4) is 0 Å². The van der Waals surface area contributed by atoms with Crippen LogP contribution < -0.4 is 0 Å². The fraction of sp³-hybridized carbons (Fsp3) is 0.308. The molecule has 0 amide bonds. The van der Waals surface area contributed by atoms with E-state index >= 15 is 0 Å². The monoisotopic (exact) mass is 169 g/mol. The fourth-order valence-electron chi connectivity index (χ4n) is 2.57. The second-order valence-electron chi connectivity index (χ2n) is 4.01. The summed E-state index contributed by atoms with van der Waals surface area (Å²) in [4.78, 5) is 0. The van der Waals surface area contributed by atoms with Gasteiger partial charge in [0.1, 0.15) is 0 Å². The first-order valence-electron chi connectivity index (χ1n) is 5.04. The van der Waals surface area contributed by atoms with Crippen molar-refractivity contribution in [1.29, 1.82) is 0 Å². The van der Waals surface area contributed by atoms with Crippen molar-refractivity contribution < 1.29 is 0 Å². The SMILES string of the molecule is [CH]1C=CC2=C1C1CC=CCC1C=C2. The Bertz CT molecular complexity index is 339. The summed E-state index contributed by atoms with van der Waals surface area (Å²) >= 11 is 0. The molecule has 0 aromatic carbocycles. The standard InChI is InChI=1S/C13H13/c1-2-6-12-10(4-1)8-9-11-5-3-7-13(11)12/h1-3,5,7-10,12H,4,6H2. The number of hydrogen-bond donors (Lipinski definition) is 0. The van der Waals surface area contributed by atoms with E-state index in [1.165, 1.54) is 18.4 Å². The average Bonchev–Trinajstić information content (AvgIpc) is 2.65. The van der Waals surface area contributed by atoms with Gasteiger partial charge in [-0.3, -0.25) is 0 Å². The summed E-state index contributed by atoms with van der Waals surface area (Å²) < 4.78 is 0. The molecule has 0 nitrogen and oxygen atoms in total. The Morgan fingerprint density at radius 3 is 3.00 bits per heavy atom. The molecular weight excluding hydrogens is 156 g/mol. The highest BCUT2D eigenvalue weighted by molar-refractivity contribution is 5.52. The molecule has 13 heavy (non-hydrogen) atoms. The average molecular weight is 169 g/mol. The van der Waals surface area contributed by atoms with Crippen LogP contribution in [0.25, 0.3) is 0 Å². The summed E-state index contributed by atoms with van der Waals surface area (Å²) in [6.45, 7) is 0. The first-order valence-corrected chi connectivity index (χ1v) is 5.04. The second kappa shape index (κ2) is 2.73. The predicted molar refractivity (Wildman–Crippen MR) is 55.0 cm³/mol. The van der Waals surface area contributed by atoms with Gasteiger partial charge in [0.25, 0.3) is 0 Å². The van der Waals surface area contributed by atoms with E-state index in [9.17, 15) is 0 Å². The van der Waals surface area contributed by atoms with Crippen LogP contribution in [-0.4, -0.2) is 0 Å². The highest BCUT2D eigenvalue weighted by atomic mass is 14.3. The van der Waals surface area contributed by atoms with Gasteiger partial charge in [0.05, 0.1) is 0 Å². The van der Waals surface area contributed by atoms with Gasteiger partial charge in [0.15, 0.2) is 0 Å². The van der Waals surface area contributed by atoms with Gasteiger partial charge in [0, 0.05) is 6.42 Å². The Kier molecular flexibility index (Phi) is 1.55. The van der Waals surface area contributed by atoms with Gasteiger partial charge in [-0.05, 0) is 30.3 Å². The van der Waals surface area contributed by atoms with E-state index in [1.807, 2.05) is 0 Å². The minimum Gasteiger partial charge on any atom is -0.0879 e. The van der Waals surface area contributed by atoms with Crippen LogP contribution in [0.15, 0.2) is 47.6 Å². The van der Waals surface area contributed by atoms with Crippen LogP contribution in [0.3, 0.4) is 0 Å². The quantitative estimate of drug-likeness (QED) is 0.488. The maximum absolute atomic E-state index is 2.39. The molecule has 0 fully saturated rings. The maximum atomic E-state index is 2.39. The molecule has 0 heteroatoms. The van der Waals surface area contributed by atoms with Gasteiger partial charge in [0.2, 0.25) is 0 Å². The maximum Gasteiger partial charge on any atom is 0.00930 e. The molecule has 0 aliphatic heterocycles. The molecule has 3 aliphatic rings. The Morgan fingerprint density at radius 2 is 2.00 bits per heavy atom. The highest BCUT2D eigenvalue weighted by Crippen LogP contribution is 2.41. The van der Waals surface area contributed by atoms with E-state index in [1.54, 1.807) is 5.57 Å². The number of allylic oxidation sites excluding steroid dienone is 8. The summed E-state index contributed by atoms with van der Waals surface area (Å²) in [5.74, 6) is 1.53. The largest absolute Gasteiger partial charge is 0.0879 e. The van der Waals surface area contributed by atoms with E-state index in [2.05, 4.69) is 42.9 Å². The topological polar surface area (TPSA) is 0 Å². The normalized spacial score (nSPS) is 35.1. The third-order valence-electron chi connectivity index (χ3n) is 3.29. The molecule has 65 valence electrons. The number of hydrogen-bond acceptors (Lipinski definition) is 0. The summed E-state index contributed by atoms with van der Waals surface area (Å²) in [6.07, 6.45) is 18.5. The number of rotatable bonds is 0. The van der Waals surface area contributed by atoms with E-state index in [4.69, 9.17) is 0 Å². The first kappa shape index (κ1) is 7.37. The third kappa shape index (κ3) is 1.05. The molecule has 0 aromatic rings. The molecule has 0 spiro atoms. The predicted octanol–water partition coefficient (Wildman–Crippen LogP) is 3.21. The molecule has 2 unspecified atom stereocenters. The lowest BCUT2D eigenvalue weighted by molar-refractivity contribution is 0.440. The lowest BCUT2D eigenvalue weighted by Crippen LogP contribution is -2.19. The van der Waals surface area contributed by atoms with Crippen LogP contribution >= 0.6 is 0 Å². The minimum atomic E-state index is 0.764. The fourth-order valence-corrected chi connectivity index (χ4v) is 2.57. The summed E-state index contributed by atoms with van der Waals surface area (Å²) in [7, 11) is 0. The Labute approximate surface area is 79.3 Å². The second-order valence-corrected chi connectivity index (χ2v) is 4.01. The van der Waals surface area contributed by atoms with Crippen molar-refractivity contribution in [1.82, 2.24) is 0 Å². The summed E-state index contributed by atoms with van der Waals surface area (Å²) in [5, 5.41) is 0. The molecule has 3 aliphatic carbocycles. The van der Waals surface area contributed by atoms with Crippen molar-refractivity contribution in [2.24, 2.45) is 11.8 Å². The van der Waals surface area contributed by atoms with Crippen LogP contribution in [0.5, 0.6) is 0 Å². The molecule has 2 atom stereocenters. The number of fused-ring (bicyclic) bond motifs is 2. The van der Waals surface area contributed by atoms with Crippen molar-refractivity contribution in [3.63, 3.8) is 0 Å². The van der Waals surface area contributed by atoms with Gasteiger partial charge in [-0.15, -0.1) is 0 Å². The van der Waals surface area contributed by atoms with Crippen LogP contribution in [0.4, 0.5) is 0 Å². The van der Waals surface area contributed by atoms with Crippen molar-refractivity contribution in [2.45, 2.75) is 12.8 Å². The van der Waals surface area contributed by atoms with Crippen LogP contribution in [0.1, 0.15) is 12.8 Å². The molecule has 3 rings (SSSR count). The Morgan fingerprint density at radius 1 is 1.08 bits per heavy atom.